The molecular weight excluding hydrogens is 308 g/mol. The van der Waals surface area contributed by atoms with Crippen molar-refractivity contribution in [2.45, 2.75) is 31.6 Å². The van der Waals surface area contributed by atoms with Crippen molar-refractivity contribution >= 4 is 17.7 Å². The van der Waals surface area contributed by atoms with E-state index in [2.05, 4.69) is 46.2 Å². The summed E-state index contributed by atoms with van der Waals surface area (Å²) in [6.07, 6.45) is 6.23. The van der Waals surface area contributed by atoms with Gasteiger partial charge in [-0.15, -0.1) is 0 Å². The SMILES string of the molecule is O=CC1c2ccc(N3CCCC3)cc2-c2cc(N3CCCC3)ccc21. The van der Waals surface area contributed by atoms with E-state index in [4.69, 9.17) is 0 Å². The van der Waals surface area contributed by atoms with Crippen molar-refractivity contribution in [3.05, 3.63) is 47.5 Å². The van der Waals surface area contributed by atoms with Gasteiger partial charge in [-0.05, 0) is 72.2 Å². The highest BCUT2D eigenvalue weighted by Gasteiger charge is 2.30. The first-order valence-corrected chi connectivity index (χ1v) is 9.58. The fourth-order valence-corrected chi connectivity index (χ4v) is 4.76. The van der Waals surface area contributed by atoms with Crippen molar-refractivity contribution in [2.24, 2.45) is 0 Å². The molecular formula is C22H24N2O. The van der Waals surface area contributed by atoms with Crippen LogP contribution in [0.4, 0.5) is 11.4 Å². The monoisotopic (exact) mass is 332 g/mol. The van der Waals surface area contributed by atoms with Gasteiger partial charge in [-0.1, -0.05) is 12.1 Å². The fourth-order valence-electron chi connectivity index (χ4n) is 4.76. The lowest BCUT2D eigenvalue weighted by atomic mass is 9.98. The van der Waals surface area contributed by atoms with E-state index in [1.807, 2.05) is 0 Å². The van der Waals surface area contributed by atoms with Gasteiger partial charge >= 0.3 is 0 Å². The first kappa shape index (κ1) is 15.0. The maximum Gasteiger partial charge on any atom is 0.131 e. The Bertz CT molecular complexity index is 751. The average molecular weight is 332 g/mol. The van der Waals surface area contributed by atoms with Gasteiger partial charge in [0, 0.05) is 37.6 Å². The lowest BCUT2D eigenvalue weighted by molar-refractivity contribution is -0.108. The molecule has 2 saturated heterocycles. The highest BCUT2D eigenvalue weighted by molar-refractivity contribution is 5.90. The van der Waals surface area contributed by atoms with Crippen molar-refractivity contribution in [3.63, 3.8) is 0 Å². The molecule has 0 N–H and O–H groups in total. The molecule has 2 aromatic carbocycles. The Labute approximate surface area is 149 Å². The summed E-state index contributed by atoms with van der Waals surface area (Å²) >= 11 is 0. The molecule has 0 radical (unpaired) electrons. The molecule has 3 aliphatic rings. The number of carbonyl (C=O) groups excluding carboxylic acids is 1. The smallest absolute Gasteiger partial charge is 0.131 e. The van der Waals surface area contributed by atoms with Crippen LogP contribution in [0.15, 0.2) is 36.4 Å². The highest BCUT2D eigenvalue weighted by Crippen LogP contribution is 2.47. The van der Waals surface area contributed by atoms with Crippen molar-refractivity contribution in [1.82, 2.24) is 0 Å². The minimum Gasteiger partial charge on any atom is -0.372 e. The number of rotatable bonds is 3. The van der Waals surface area contributed by atoms with E-state index < -0.39 is 0 Å². The highest BCUT2D eigenvalue weighted by atomic mass is 16.1. The first-order chi connectivity index (χ1) is 12.3. The second kappa shape index (κ2) is 5.91. The molecule has 5 rings (SSSR count). The summed E-state index contributed by atoms with van der Waals surface area (Å²) in [6, 6.07) is 13.4. The van der Waals surface area contributed by atoms with Crippen molar-refractivity contribution in [3.8, 4) is 11.1 Å². The Morgan fingerprint density at radius 2 is 1.16 bits per heavy atom. The second-order valence-corrected chi connectivity index (χ2v) is 7.55. The lowest BCUT2D eigenvalue weighted by Gasteiger charge is -2.20. The third-order valence-electron chi connectivity index (χ3n) is 6.11. The maximum atomic E-state index is 11.8. The molecule has 3 nitrogen and oxygen atoms in total. The minimum absolute atomic E-state index is 0.106. The Morgan fingerprint density at radius 3 is 1.56 bits per heavy atom. The number of hydrogen-bond acceptors (Lipinski definition) is 3. The van der Waals surface area contributed by atoms with Gasteiger partial charge in [0.15, 0.2) is 0 Å². The lowest BCUT2D eigenvalue weighted by Crippen LogP contribution is -2.17. The van der Waals surface area contributed by atoms with Crippen LogP contribution in [0.3, 0.4) is 0 Å². The van der Waals surface area contributed by atoms with E-state index in [0.29, 0.717) is 0 Å². The quantitative estimate of drug-likeness (QED) is 0.787. The number of aldehydes is 1. The molecule has 0 atom stereocenters. The molecule has 0 unspecified atom stereocenters. The summed E-state index contributed by atoms with van der Waals surface area (Å²) in [5, 5.41) is 0. The van der Waals surface area contributed by atoms with Crippen molar-refractivity contribution in [2.75, 3.05) is 36.0 Å². The van der Waals surface area contributed by atoms with Crippen LogP contribution in [0.2, 0.25) is 0 Å². The normalized spacial score (nSPS) is 19.4. The molecule has 3 heteroatoms. The summed E-state index contributed by atoms with van der Waals surface area (Å²) in [5.41, 5.74) is 7.48. The van der Waals surface area contributed by atoms with Crippen molar-refractivity contribution < 1.29 is 4.79 Å². The third-order valence-corrected chi connectivity index (χ3v) is 6.11. The number of anilines is 2. The van der Waals surface area contributed by atoms with Crippen molar-refractivity contribution in [1.29, 1.82) is 0 Å². The van der Waals surface area contributed by atoms with Gasteiger partial charge in [0.1, 0.15) is 6.29 Å². The van der Waals surface area contributed by atoms with E-state index in [9.17, 15) is 4.79 Å². The van der Waals surface area contributed by atoms with Crippen LogP contribution in [0.25, 0.3) is 11.1 Å². The van der Waals surface area contributed by atoms with Crippen LogP contribution in [-0.4, -0.2) is 32.5 Å². The number of benzene rings is 2. The predicted octanol–water partition coefficient (Wildman–Crippen LogP) is 4.20. The van der Waals surface area contributed by atoms with E-state index in [1.54, 1.807) is 0 Å². The Hall–Kier alpha value is -2.29. The zero-order valence-corrected chi connectivity index (χ0v) is 14.6. The van der Waals surface area contributed by atoms with E-state index in [1.165, 1.54) is 59.3 Å². The van der Waals surface area contributed by atoms with Gasteiger partial charge in [-0.3, -0.25) is 0 Å². The van der Waals surface area contributed by atoms with Gasteiger partial charge in [0.25, 0.3) is 0 Å². The summed E-state index contributed by atoms with van der Waals surface area (Å²) in [4.78, 5) is 16.7. The molecule has 1 aliphatic carbocycles. The summed E-state index contributed by atoms with van der Waals surface area (Å²) in [6.45, 7) is 4.60. The molecule has 0 aromatic heterocycles. The third kappa shape index (κ3) is 2.37. The predicted molar refractivity (Wildman–Crippen MR) is 103 cm³/mol. The molecule has 25 heavy (non-hydrogen) atoms. The van der Waals surface area contributed by atoms with E-state index >= 15 is 0 Å². The molecule has 0 bridgehead atoms. The standard InChI is InChI=1S/C22H24N2O/c25-15-22-18-7-5-16(23-9-1-2-10-23)13-20(18)21-14-17(6-8-19(21)22)24-11-3-4-12-24/h5-8,13-15,22H,1-4,9-12H2. The van der Waals surface area contributed by atoms with Gasteiger partial charge < -0.3 is 14.6 Å². The number of nitrogens with zero attached hydrogens (tertiary/aromatic N) is 2. The molecule has 2 fully saturated rings. The van der Waals surface area contributed by atoms with Crippen LogP contribution < -0.4 is 9.80 Å². The van der Waals surface area contributed by atoms with Crippen LogP contribution in [0, 0.1) is 0 Å². The van der Waals surface area contributed by atoms with E-state index in [-0.39, 0.29) is 5.92 Å². The van der Waals surface area contributed by atoms with Gasteiger partial charge in [-0.25, -0.2) is 0 Å². The van der Waals surface area contributed by atoms with Gasteiger partial charge in [-0.2, -0.15) is 0 Å². The summed E-state index contributed by atoms with van der Waals surface area (Å²) < 4.78 is 0. The zero-order valence-electron chi connectivity index (χ0n) is 14.6. The minimum atomic E-state index is -0.106. The van der Waals surface area contributed by atoms with E-state index in [0.717, 1.165) is 32.5 Å². The Morgan fingerprint density at radius 1 is 0.720 bits per heavy atom. The maximum absolute atomic E-state index is 11.8. The number of carbonyl (C=O) groups is 1. The largest absolute Gasteiger partial charge is 0.372 e. The molecule has 0 saturated carbocycles. The average Bonchev–Trinajstić information content (AvgIpc) is 3.40. The molecule has 2 aromatic rings. The Kier molecular flexibility index (Phi) is 3.54. The van der Waals surface area contributed by atoms with Crippen LogP contribution in [0.5, 0.6) is 0 Å². The molecule has 2 aliphatic heterocycles. The van der Waals surface area contributed by atoms with Crippen LogP contribution >= 0.6 is 0 Å². The number of hydrogen-bond donors (Lipinski definition) is 0. The topological polar surface area (TPSA) is 23.6 Å². The second-order valence-electron chi connectivity index (χ2n) is 7.55. The van der Waals surface area contributed by atoms with Gasteiger partial charge in [0.05, 0.1) is 5.92 Å². The summed E-state index contributed by atoms with van der Waals surface area (Å²) in [7, 11) is 0. The Balaban J connectivity index is 1.61. The fraction of sp³-hybridized carbons (Fsp3) is 0.409. The number of fused-ring (bicyclic) bond motifs is 3. The first-order valence-electron chi connectivity index (χ1n) is 9.58. The molecule has 128 valence electrons. The van der Waals surface area contributed by atoms with Crippen LogP contribution in [-0.2, 0) is 4.79 Å². The van der Waals surface area contributed by atoms with Crippen LogP contribution in [0.1, 0.15) is 42.7 Å². The molecule has 0 amide bonds. The van der Waals surface area contributed by atoms with Gasteiger partial charge in [0.2, 0.25) is 0 Å². The summed E-state index contributed by atoms with van der Waals surface area (Å²) in [5.74, 6) is -0.106. The molecule has 0 spiro atoms. The molecule has 2 heterocycles. The zero-order chi connectivity index (χ0) is 16.8.